The van der Waals surface area contributed by atoms with Gasteiger partial charge in [0.25, 0.3) is 0 Å². The Hall–Kier alpha value is -0.0700. The Balaban J connectivity index is 2.26. The van der Waals surface area contributed by atoms with E-state index in [2.05, 4.69) is 16.7 Å². The molecule has 0 spiro atoms. The van der Waals surface area contributed by atoms with Crippen molar-refractivity contribution in [3.63, 3.8) is 0 Å². The lowest BCUT2D eigenvalue weighted by molar-refractivity contribution is 0.854. The summed E-state index contributed by atoms with van der Waals surface area (Å²) in [5.74, 6) is 0. The first-order valence-corrected chi connectivity index (χ1v) is 3.09. The van der Waals surface area contributed by atoms with Gasteiger partial charge in [0.2, 0.25) is 0 Å². The van der Waals surface area contributed by atoms with Gasteiger partial charge in [-0.2, -0.15) is 0 Å². The van der Waals surface area contributed by atoms with Crippen molar-refractivity contribution in [3.05, 3.63) is 12.3 Å². The van der Waals surface area contributed by atoms with Crippen LogP contribution in [0.15, 0.2) is 12.3 Å². The SMILES string of the molecule is C1=CNNPC1. The number of nitrogens with one attached hydrogen (secondary N) is 2. The lowest BCUT2D eigenvalue weighted by Crippen LogP contribution is -2.20. The van der Waals surface area contributed by atoms with Crippen LogP contribution in [0.2, 0.25) is 0 Å². The highest BCUT2D eigenvalue weighted by Gasteiger charge is 1.82. The number of hydrogen-bond acceptors (Lipinski definition) is 2. The van der Waals surface area contributed by atoms with Crippen LogP contribution in [0, 0.1) is 0 Å². The van der Waals surface area contributed by atoms with E-state index in [1.807, 2.05) is 6.20 Å². The third-order valence-corrected chi connectivity index (χ3v) is 1.34. The van der Waals surface area contributed by atoms with Crippen molar-refractivity contribution in [3.8, 4) is 0 Å². The van der Waals surface area contributed by atoms with Gasteiger partial charge in [0.05, 0.1) is 0 Å². The third-order valence-electron chi connectivity index (χ3n) is 0.582. The lowest BCUT2D eigenvalue weighted by Gasteiger charge is -2.04. The van der Waals surface area contributed by atoms with Crippen molar-refractivity contribution in [1.82, 2.24) is 10.6 Å². The maximum absolute atomic E-state index is 2.98. The minimum Gasteiger partial charge on any atom is -0.326 e. The van der Waals surface area contributed by atoms with Gasteiger partial charge in [-0.25, -0.2) is 5.20 Å². The number of allylic oxidation sites excluding steroid dienone is 1. The molecular formula is C3H7N2P. The van der Waals surface area contributed by atoms with E-state index in [1.54, 1.807) is 0 Å². The molecule has 0 saturated heterocycles. The molecule has 1 rings (SSSR count). The standard InChI is InChI=1S/C3H7N2P/c1-2-4-5-6-3-1/h1-2,4-6H,3H2. The van der Waals surface area contributed by atoms with Crippen molar-refractivity contribution in [2.75, 3.05) is 6.16 Å². The first-order chi connectivity index (χ1) is 3.00. The van der Waals surface area contributed by atoms with Gasteiger partial charge in [-0.3, -0.25) is 0 Å². The Morgan fingerprint density at radius 1 is 1.67 bits per heavy atom. The van der Waals surface area contributed by atoms with Crippen LogP contribution >= 0.6 is 8.73 Å². The predicted molar refractivity (Wildman–Crippen MR) is 28.6 cm³/mol. The minimum absolute atomic E-state index is 0.854. The summed E-state index contributed by atoms with van der Waals surface area (Å²) in [6.07, 6.45) is 5.19. The summed E-state index contributed by atoms with van der Waals surface area (Å²) in [5, 5.41) is 2.98. The fourth-order valence-corrected chi connectivity index (χ4v) is 0.844. The second-order valence-corrected chi connectivity index (χ2v) is 2.06. The summed E-state index contributed by atoms with van der Waals surface area (Å²) in [6.45, 7) is 0. The second-order valence-electron chi connectivity index (χ2n) is 1.05. The Kier molecular flexibility index (Phi) is 1.48. The molecule has 0 saturated carbocycles. The smallest absolute Gasteiger partial charge is 0.00922 e. The van der Waals surface area contributed by atoms with E-state index in [9.17, 15) is 0 Å². The molecule has 1 atom stereocenters. The second kappa shape index (κ2) is 2.17. The first-order valence-electron chi connectivity index (χ1n) is 1.88. The summed E-state index contributed by atoms with van der Waals surface area (Å²) in [5.41, 5.74) is 2.87. The fourth-order valence-electron chi connectivity index (χ4n) is 0.321. The van der Waals surface area contributed by atoms with Gasteiger partial charge in [-0.05, 0) is 14.9 Å². The highest BCUT2D eigenvalue weighted by molar-refractivity contribution is 7.35. The third kappa shape index (κ3) is 0.959. The zero-order chi connectivity index (χ0) is 4.24. The number of hydrogen-bond donors (Lipinski definition) is 2. The summed E-state index contributed by atoms with van der Waals surface area (Å²) in [4.78, 5) is 0. The van der Waals surface area contributed by atoms with Crippen molar-refractivity contribution in [2.45, 2.75) is 0 Å². The van der Waals surface area contributed by atoms with E-state index in [-0.39, 0.29) is 0 Å². The molecule has 2 nitrogen and oxygen atoms in total. The molecule has 1 unspecified atom stereocenters. The van der Waals surface area contributed by atoms with Crippen LogP contribution in [0.5, 0.6) is 0 Å². The average Bonchev–Trinajstić information content (AvgIpc) is 1.72. The van der Waals surface area contributed by atoms with Crippen molar-refractivity contribution >= 4 is 8.73 Å². The van der Waals surface area contributed by atoms with E-state index < -0.39 is 0 Å². The molecule has 1 heterocycles. The Morgan fingerprint density at radius 3 is 2.83 bits per heavy atom. The molecule has 0 aromatic heterocycles. The monoisotopic (exact) mass is 102 g/mol. The van der Waals surface area contributed by atoms with Crippen LogP contribution in [0.4, 0.5) is 0 Å². The normalized spacial score (nSPS) is 24.0. The molecule has 1 aliphatic rings. The topological polar surface area (TPSA) is 24.1 Å². The van der Waals surface area contributed by atoms with Crippen LogP contribution in [0.25, 0.3) is 0 Å². The van der Waals surface area contributed by atoms with Crippen molar-refractivity contribution in [2.24, 2.45) is 0 Å². The molecule has 34 valence electrons. The van der Waals surface area contributed by atoms with Gasteiger partial charge >= 0.3 is 0 Å². The van der Waals surface area contributed by atoms with Crippen LogP contribution < -0.4 is 10.6 Å². The van der Waals surface area contributed by atoms with E-state index in [0.717, 1.165) is 8.73 Å². The van der Waals surface area contributed by atoms with Crippen LogP contribution in [-0.4, -0.2) is 6.16 Å². The van der Waals surface area contributed by atoms with Gasteiger partial charge < -0.3 is 5.43 Å². The summed E-state index contributed by atoms with van der Waals surface area (Å²) >= 11 is 0. The Labute approximate surface area is 38.8 Å². The fraction of sp³-hybridized carbons (Fsp3) is 0.333. The molecule has 0 radical (unpaired) electrons. The molecule has 0 aromatic carbocycles. The van der Waals surface area contributed by atoms with Gasteiger partial charge in [0.1, 0.15) is 0 Å². The molecule has 0 aliphatic carbocycles. The quantitative estimate of drug-likeness (QED) is 0.427. The summed E-state index contributed by atoms with van der Waals surface area (Å²) < 4.78 is 0. The maximum Gasteiger partial charge on any atom is 0.00922 e. The summed E-state index contributed by atoms with van der Waals surface area (Å²) in [6, 6.07) is 0. The van der Waals surface area contributed by atoms with Crippen LogP contribution in [0.1, 0.15) is 0 Å². The van der Waals surface area contributed by atoms with E-state index in [4.69, 9.17) is 0 Å². The van der Waals surface area contributed by atoms with Gasteiger partial charge in [0, 0.05) is 6.20 Å². The van der Waals surface area contributed by atoms with Crippen LogP contribution in [0.3, 0.4) is 0 Å². The van der Waals surface area contributed by atoms with Crippen LogP contribution in [-0.2, 0) is 0 Å². The highest BCUT2D eigenvalue weighted by Crippen LogP contribution is 2.02. The Morgan fingerprint density at radius 2 is 2.67 bits per heavy atom. The van der Waals surface area contributed by atoms with Gasteiger partial charge in [0.15, 0.2) is 0 Å². The zero-order valence-electron chi connectivity index (χ0n) is 3.36. The number of hydrazine groups is 1. The maximum atomic E-state index is 2.98. The summed E-state index contributed by atoms with van der Waals surface area (Å²) in [7, 11) is 0.854. The molecule has 0 fully saturated rings. The average molecular weight is 102 g/mol. The molecule has 0 aromatic rings. The van der Waals surface area contributed by atoms with E-state index in [1.165, 1.54) is 6.16 Å². The van der Waals surface area contributed by atoms with E-state index in [0.29, 0.717) is 0 Å². The molecule has 1 aliphatic heterocycles. The van der Waals surface area contributed by atoms with Gasteiger partial charge in [-0.1, -0.05) is 6.08 Å². The van der Waals surface area contributed by atoms with Crippen molar-refractivity contribution < 1.29 is 0 Å². The Bertz CT molecular complexity index is 53.8. The van der Waals surface area contributed by atoms with Gasteiger partial charge in [-0.15, -0.1) is 0 Å². The molecule has 3 heteroatoms. The number of rotatable bonds is 0. The molecule has 2 N–H and O–H groups in total. The largest absolute Gasteiger partial charge is 0.326 e. The molecular weight excluding hydrogens is 95.0 g/mol. The van der Waals surface area contributed by atoms with Crippen molar-refractivity contribution in [1.29, 1.82) is 0 Å². The molecule has 6 heavy (non-hydrogen) atoms. The predicted octanol–water partition coefficient (Wildman–Crippen LogP) is 0.201. The zero-order valence-corrected chi connectivity index (χ0v) is 4.36. The molecule has 0 bridgehead atoms. The molecule has 0 amide bonds. The highest BCUT2D eigenvalue weighted by atomic mass is 31.1. The first kappa shape index (κ1) is 4.10. The lowest BCUT2D eigenvalue weighted by atomic mass is 10.7. The van der Waals surface area contributed by atoms with E-state index >= 15 is 0 Å². The minimum atomic E-state index is 0.854.